The van der Waals surface area contributed by atoms with E-state index >= 15 is 0 Å². The van der Waals surface area contributed by atoms with Gasteiger partial charge < -0.3 is 14.9 Å². The van der Waals surface area contributed by atoms with E-state index in [0.717, 1.165) is 0 Å². The lowest BCUT2D eigenvalue weighted by Gasteiger charge is -2.18. The fourth-order valence-corrected chi connectivity index (χ4v) is 1.83. The van der Waals surface area contributed by atoms with Crippen LogP contribution in [0.4, 0.5) is 0 Å². The third-order valence-electron chi connectivity index (χ3n) is 2.25. The molecule has 0 radical (unpaired) electrons. The van der Waals surface area contributed by atoms with Gasteiger partial charge in [0.05, 0.1) is 19.6 Å². The second-order valence-corrected chi connectivity index (χ2v) is 4.30. The molecule has 17 heavy (non-hydrogen) atoms. The third-order valence-corrected chi connectivity index (χ3v) is 2.81. The molecule has 0 fully saturated rings. The minimum absolute atomic E-state index is 0.230. The van der Waals surface area contributed by atoms with Crippen LogP contribution >= 0.6 is 23.2 Å². The van der Waals surface area contributed by atoms with Crippen molar-refractivity contribution in [3.63, 3.8) is 0 Å². The minimum Gasteiger partial charge on any atom is -0.469 e. The van der Waals surface area contributed by atoms with Crippen LogP contribution in [0.15, 0.2) is 18.2 Å². The first-order valence-electron chi connectivity index (χ1n) is 4.83. The molecule has 6 heteroatoms. The zero-order valence-corrected chi connectivity index (χ0v) is 10.6. The molecule has 0 aliphatic rings. The molecule has 0 bridgehead atoms. The smallest absolute Gasteiger partial charge is 0.308 e. The van der Waals surface area contributed by atoms with Gasteiger partial charge in [-0.2, -0.15) is 0 Å². The number of benzene rings is 1. The predicted molar refractivity (Wildman–Crippen MR) is 64.1 cm³/mol. The average molecular weight is 279 g/mol. The molecule has 0 saturated heterocycles. The Morgan fingerprint density at radius 1 is 1.41 bits per heavy atom. The van der Waals surface area contributed by atoms with Crippen molar-refractivity contribution < 1.29 is 19.7 Å². The molecule has 2 atom stereocenters. The van der Waals surface area contributed by atoms with Gasteiger partial charge in [-0.15, -0.1) is 0 Å². The van der Waals surface area contributed by atoms with Crippen LogP contribution in [0.3, 0.4) is 0 Å². The fraction of sp³-hybridized carbons (Fsp3) is 0.364. The number of carbonyl (C=O) groups excluding carboxylic acids is 1. The number of aliphatic hydroxyl groups is 2. The first kappa shape index (κ1) is 14.3. The van der Waals surface area contributed by atoms with Crippen LogP contribution in [-0.2, 0) is 9.53 Å². The molecule has 1 aromatic rings. The van der Waals surface area contributed by atoms with Gasteiger partial charge in [-0.05, 0) is 12.1 Å². The van der Waals surface area contributed by atoms with Crippen molar-refractivity contribution in [2.45, 2.75) is 18.6 Å². The zero-order chi connectivity index (χ0) is 13.0. The molecule has 4 nitrogen and oxygen atoms in total. The van der Waals surface area contributed by atoms with E-state index in [1.165, 1.54) is 25.3 Å². The summed E-state index contributed by atoms with van der Waals surface area (Å²) in [6.45, 7) is 0. The van der Waals surface area contributed by atoms with Crippen molar-refractivity contribution in [1.29, 1.82) is 0 Å². The van der Waals surface area contributed by atoms with Crippen molar-refractivity contribution in [3.05, 3.63) is 33.8 Å². The highest BCUT2D eigenvalue weighted by molar-refractivity contribution is 6.35. The third kappa shape index (κ3) is 3.85. The van der Waals surface area contributed by atoms with E-state index in [9.17, 15) is 15.0 Å². The Labute approximate surface area is 109 Å². The Hall–Kier alpha value is -0.810. The van der Waals surface area contributed by atoms with Gasteiger partial charge in [0.1, 0.15) is 6.10 Å². The molecule has 2 unspecified atom stereocenters. The Morgan fingerprint density at radius 3 is 2.59 bits per heavy atom. The topological polar surface area (TPSA) is 66.8 Å². The Morgan fingerprint density at radius 2 is 2.06 bits per heavy atom. The van der Waals surface area contributed by atoms with Crippen molar-refractivity contribution in [1.82, 2.24) is 0 Å². The van der Waals surface area contributed by atoms with Crippen LogP contribution < -0.4 is 0 Å². The van der Waals surface area contributed by atoms with Crippen molar-refractivity contribution >= 4 is 29.2 Å². The Balaban J connectivity index is 2.81. The number of aliphatic hydroxyl groups excluding tert-OH is 2. The molecule has 0 aliphatic carbocycles. The molecule has 1 rings (SSSR count). The van der Waals surface area contributed by atoms with Gasteiger partial charge in [0.2, 0.25) is 0 Å². The number of esters is 1. The summed E-state index contributed by atoms with van der Waals surface area (Å²) in [6.07, 6.45) is -2.85. The van der Waals surface area contributed by atoms with E-state index in [1.807, 2.05) is 0 Å². The number of hydrogen-bond donors (Lipinski definition) is 2. The van der Waals surface area contributed by atoms with Crippen LogP contribution in [0.5, 0.6) is 0 Å². The van der Waals surface area contributed by atoms with Gasteiger partial charge in [0, 0.05) is 15.6 Å². The first-order chi connectivity index (χ1) is 7.95. The highest BCUT2D eigenvalue weighted by atomic mass is 35.5. The molecule has 0 heterocycles. The largest absolute Gasteiger partial charge is 0.469 e. The number of methoxy groups -OCH3 is 1. The maximum atomic E-state index is 10.9. The van der Waals surface area contributed by atoms with Crippen molar-refractivity contribution in [3.8, 4) is 0 Å². The molecule has 1 aromatic carbocycles. The summed E-state index contributed by atoms with van der Waals surface area (Å²) in [4.78, 5) is 10.9. The summed E-state index contributed by atoms with van der Waals surface area (Å²) in [5.41, 5.74) is 0.312. The Kier molecular flexibility index (Phi) is 5.21. The number of rotatable bonds is 4. The van der Waals surface area contributed by atoms with Gasteiger partial charge in [0.15, 0.2) is 0 Å². The maximum Gasteiger partial charge on any atom is 0.308 e. The van der Waals surface area contributed by atoms with E-state index in [0.29, 0.717) is 10.6 Å². The molecule has 0 amide bonds. The van der Waals surface area contributed by atoms with E-state index in [-0.39, 0.29) is 11.4 Å². The standard InChI is InChI=1S/C11H12Cl2O4/c1-17-10(15)5-9(14)11(16)7-3-2-6(12)4-8(7)13/h2-4,9,11,14,16H,5H2,1H3. The zero-order valence-electron chi connectivity index (χ0n) is 9.06. The van der Waals surface area contributed by atoms with Gasteiger partial charge in [-0.3, -0.25) is 4.79 Å². The average Bonchev–Trinajstić information content (AvgIpc) is 2.28. The van der Waals surface area contributed by atoms with Gasteiger partial charge in [-0.25, -0.2) is 0 Å². The second-order valence-electron chi connectivity index (χ2n) is 3.46. The lowest BCUT2D eigenvalue weighted by molar-refractivity contribution is -0.144. The van der Waals surface area contributed by atoms with Gasteiger partial charge in [0.25, 0.3) is 0 Å². The summed E-state index contributed by atoms with van der Waals surface area (Å²) in [5, 5.41) is 20.1. The number of ether oxygens (including phenoxy) is 1. The normalized spacial score (nSPS) is 14.2. The number of halogens is 2. The molecule has 2 N–H and O–H groups in total. The first-order valence-corrected chi connectivity index (χ1v) is 5.59. The lowest BCUT2D eigenvalue weighted by Crippen LogP contribution is -2.22. The molecule has 0 saturated carbocycles. The van der Waals surface area contributed by atoms with Crippen LogP contribution in [0.2, 0.25) is 10.0 Å². The molecule has 94 valence electrons. The SMILES string of the molecule is COC(=O)CC(O)C(O)c1ccc(Cl)cc1Cl. The van der Waals surface area contributed by atoms with E-state index in [4.69, 9.17) is 23.2 Å². The number of hydrogen-bond acceptors (Lipinski definition) is 4. The quantitative estimate of drug-likeness (QED) is 0.827. The predicted octanol–water partition coefficient (Wildman–Crippen LogP) is 1.95. The van der Waals surface area contributed by atoms with Crippen LogP contribution in [0.25, 0.3) is 0 Å². The summed E-state index contributed by atoms with van der Waals surface area (Å²) < 4.78 is 4.39. The molecule has 0 spiro atoms. The van der Waals surface area contributed by atoms with Gasteiger partial charge in [-0.1, -0.05) is 29.3 Å². The van der Waals surface area contributed by atoms with E-state index in [1.54, 1.807) is 0 Å². The molecular formula is C11H12Cl2O4. The molecule has 0 aromatic heterocycles. The summed E-state index contributed by atoms with van der Waals surface area (Å²) >= 11 is 11.6. The van der Waals surface area contributed by atoms with Crippen LogP contribution in [0, 0.1) is 0 Å². The molecule has 0 aliphatic heterocycles. The summed E-state index contributed by atoms with van der Waals surface area (Å²) in [7, 11) is 1.21. The van der Waals surface area contributed by atoms with E-state index in [2.05, 4.69) is 4.74 Å². The summed E-state index contributed by atoms with van der Waals surface area (Å²) in [6, 6.07) is 4.49. The van der Waals surface area contributed by atoms with Crippen molar-refractivity contribution in [2.24, 2.45) is 0 Å². The van der Waals surface area contributed by atoms with Gasteiger partial charge >= 0.3 is 5.97 Å². The van der Waals surface area contributed by atoms with Crippen molar-refractivity contribution in [2.75, 3.05) is 7.11 Å². The lowest BCUT2D eigenvalue weighted by atomic mass is 10.0. The molecular weight excluding hydrogens is 267 g/mol. The Bertz CT molecular complexity index is 408. The second kappa shape index (κ2) is 6.21. The number of carbonyl (C=O) groups is 1. The fourth-order valence-electron chi connectivity index (χ4n) is 1.31. The minimum atomic E-state index is -1.28. The highest BCUT2D eigenvalue weighted by Gasteiger charge is 2.23. The van der Waals surface area contributed by atoms with Crippen LogP contribution in [-0.4, -0.2) is 29.4 Å². The maximum absolute atomic E-state index is 10.9. The van der Waals surface area contributed by atoms with E-state index < -0.39 is 18.2 Å². The monoisotopic (exact) mass is 278 g/mol. The van der Waals surface area contributed by atoms with Crippen LogP contribution in [0.1, 0.15) is 18.1 Å². The summed E-state index contributed by atoms with van der Waals surface area (Å²) in [5.74, 6) is -0.610. The highest BCUT2D eigenvalue weighted by Crippen LogP contribution is 2.28.